The molecule has 0 aliphatic heterocycles. The molecular weight excluding hydrogens is 245 g/mol. The van der Waals surface area contributed by atoms with Crippen molar-refractivity contribution >= 4 is 11.6 Å². The summed E-state index contributed by atoms with van der Waals surface area (Å²) >= 11 is 0. The van der Waals surface area contributed by atoms with Crippen LogP contribution in [0.1, 0.15) is 20.8 Å². The lowest BCUT2D eigenvalue weighted by atomic mass is 10.1. The maximum atomic E-state index is 12.5. The van der Waals surface area contributed by atoms with Gasteiger partial charge in [0.2, 0.25) is 12.3 Å². The van der Waals surface area contributed by atoms with Crippen molar-refractivity contribution in [2.24, 2.45) is 0 Å². The smallest absolute Gasteiger partial charge is 0.257 e. The average molecular weight is 258 g/mol. The van der Waals surface area contributed by atoms with Gasteiger partial charge in [-0.3, -0.25) is 9.59 Å². The molecule has 0 amide bonds. The molecule has 1 aromatic carbocycles. The second kappa shape index (κ2) is 6.00. The number of alkyl halides is 1. The molecular formula is C15H13FNO2+. The highest BCUT2D eigenvalue weighted by molar-refractivity contribution is 5.96. The molecule has 3 nitrogen and oxygen atoms in total. The number of pyridine rings is 1. The summed E-state index contributed by atoms with van der Waals surface area (Å²) in [6.07, 6.45) is 1.60. The Bertz CT molecular complexity index is 596. The summed E-state index contributed by atoms with van der Waals surface area (Å²) in [6, 6.07) is 13.7. The Morgan fingerprint density at radius 2 is 1.63 bits per heavy atom. The van der Waals surface area contributed by atoms with Gasteiger partial charge in [0, 0.05) is 17.7 Å². The van der Waals surface area contributed by atoms with E-state index >= 15 is 0 Å². The number of benzene rings is 1. The zero-order valence-electron chi connectivity index (χ0n) is 10.3. The van der Waals surface area contributed by atoms with Crippen molar-refractivity contribution in [2.75, 3.05) is 6.67 Å². The fourth-order valence-electron chi connectivity index (χ4n) is 1.81. The van der Waals surface area contributed by atoms with Crippen molar-refractivity contribution in [1.29, 1.82) is 0 Å². The van der Waals surface area contributed by atoms with E-state index in [0.717, 1.165) is 0 Å². The molecule has 0 saturated heterocycles. The standard InChI is InChI=1S/C15H13FNO2/c16-10-14(18)13-8-4-5-9-17(13)11-15(19)12-6-2-1-3-7-12/h1-9H,10-11H2/q+1. The Morgan fingerprint density at radius 3 is 2.32 bits per heavy atom. The highest BCUT2D eigenvalue weighted by Gasteiger charge is 2.21. The van der Waals surface area contributed by atoms with Gasteiger partial charge in [-0.25, -0.2) is 4.39 Å². The number of carbonyl (C=O) groups excluding carboxylic acids is 2. The zero-order chi connectivity index (χ0) is 13.7. The van der Waals surface area contributed by atoms with Crippen LogP contribution in [0.2, 0.25) is 0 Å². The van der Waals surface area contributed by atoms with Crippen LogP contribution in [0.15, 0.2) is 54.7 Å². The fraction of sp³-hybridized carbons (Fsp3) is 0.133. The molecule has 0 unspecified atom stereocenters. The summed E-state index contributed by atoms with van der Waals surface area (Å²) in [5.74, 6) is -0.744. The van der Waals surface area contributed by atoms with Gasteiger partial charge in [-0.15, -0.1) is 0 Å². The molecule has 4 heteroatoms. The van der Waals surface area contributed by atoms with Crippen molar-refractivity contribution in [3.8, 4) is 0 Å². The van der Waals surface area contributed by atoms with Gasteiger partial charge in [0.05, 0.1) is 0 Å². The molecule has 19 heavy (non-hydrogen) atoms. The third-order valence-corrected chi connectivity index (χ3v) is 2.76. The number of carbonyl (C=O) groups is 2. The minimum absolute atomic E-state index is 0.0198. The summed E-state index contributed by atoms with van der Waals surface area (Å²) in [7, 11) is 0. The van der Waals surface area contributed by atoms with Gasteiger partial charge in [0.15, 0.2) is 12.9 Å². The first-order valence-electron chi connectivity index (χ1n) is 5.88. The second-order valence-corrected chi connectivity index (χ2v) is 4.06. The lowest BCUT2D eigenvalue weighted by Gasteiger charge is -2.01. The van der Waals surface area contributed by atoms with Gasteiger partial charge < -0.3 is 0 Å². The summed E-state index contributed by atoms with van der Waals surface area (Å²) in [5.41, 5.74) is 0.770. The van der Waals surface area contributed by atoms with Crippen LogP contribution < -0.4 is 4.57 Å². The molecule has 96 valence electrons. The van der Waals surface area contributed by atoms with Crippen LogP contribution in [0.4, 0.5) is 4.39 Å². The van der Waals surface area contributed by atoms with E-state index in [2.05, 4.69) is 0 Å². The zero-order valence-corrected chi connectivity index (χ0v) is 10.3. The van der Waals surface area contributed by atoms with E-state index in [0.29, 0.717) is 5.56 Å². The number of Topliss-reactive ketones (excluding diaryl/α,β-unsaturated/α-hetero) is 2. The molecule has 0 N–H and O–H groups in total. The molecule has 0 aliphatic carbocycles. The fourth-order valence-corrected chi connectivity index (χ4v) is 1.81. The van der Waals surface area contributed by atoms with Gasteiger partial charge in [0.25, 0.3) is 11.5 Å². The summed E-state index contributed by atoms with van der Waals surface area (Å²) < 4.78 is 13.9. The third-order valence-electron chi connectivity index (χ3n) is 2.76. The van der Waals surface area contributed by atoms with E-state index in [1.807, 2.05) is 6.07 Å². The van der Waals surface area contributed by atoms with Crippen LogP contribution in [0, 0.1) is 0 Å². The topological polar surface area (TPSA) is 38.0 Å². The molecule has 0 spiro atoms. The minimum atomic E-state index is -1.07. The number of rotatable bonds is 5. The van der Waals surface area contributed by atoms with Crippen molar-refractivity contribution in [1.82, 2.24) is 0 Å². The largest absolute Gasteiger partial charge is 0.287 e. The van der Waals surface area contributed by atoms with E-state index in [4.69, 9.17) is 0 Å². The Morgan fingerprint density at radius 1 is 0.947 bits per heavy atom. The third kappa shape index (κ3) is 3.10. The predicted molar refractivity (Wildman–Crippen MR) is 67.7 cm³/mol. The highest BCUT2D eigenvalue weighted by Crippen LogP contribution is 2.01. The molecule has 1 aromatic heterocycles. The number of hydrogen-bond acceptors (Lipinski definition) is 2. The first kappa shape index (κ1) is 13.1. The van der Waals surface area contributed by atoms with Gasteiger partial charge in [0.1, 0.15) is 0 Å². The lowest BCUT2D eigenvalue weighted by molar-refractivity contribution is -0.685. The van der Waals surface area contributed by atoms with Crippen molar-refractivity contribution in [2.45, 2.75) is 6.54 Å². The van der Waals surface area contributed by atoms with Crippen LogP contribution in [0.3, 0.4) is 0 Å². The van der Waals surface area contributed by atoms with E-state index in [1.165, 1.54) is 10.6 Å². The maximum Gasteiger partial charge on any atom is 0.257 e. The molecule has 0 atom stereocenters. The SMILES string of the molecule is O=C(C[n+]1ccccc1C(=O)CF)c1ccccc1. The molecule has 0 fully saturated rings. The molecule has 0 radical (unpaired) electrons. The number of hydrogen-bond donors (Lipinski definition) is 0. The molecule has 0 aliphatic rings. The van der Waals surface area contributed by atoms with Crippen molar-refractivity contribution < 1.29 is 18.5 Å². The van der Waals surface area contributed by atoms with Gasteiger partial charge >= 0.3 is 0 Å². The number of aromatic nitrogens is 1. The predicted octanol–water partition coefficient (Wildman–Crippen LogP) is 2.01. The van der Waals surface area contributed by atoms with Crippen LogP contribution >= 0.6 is 0 Å². The number of nitrogens with zero attached hydrogens (tertiary/aromatic N) is 1. The van der Waals surface area contributed by atoms with Gasteiger partial charge in [-0.2, -0.15) is 4.57 Å². The quantitative estimate of drug-likeness (QED) is 0.607. The summed E-state index contributed by atoms with van der Waals surface area (Å²) in [6.45, 7) is -1.05. The first-order valence-corrected chi connectivity index (χ1v) is 5.88. The lowest BCUT2D eigenvalue weighted by Crippen LogP contribution is -2.43. The maximum absolute atomic E-state index is 12.5. The number of halogens is 1. The average Bonchev–Trinajstić information content (AvgIpc) is 2.48. The Labute approximate surface area is 110 Å². The van der Waals surface area contributed by atoms with Crippen molar-refractivity contribution in [3.05, 3.63) is 66.0 Å². The minimum Gasteiger partial charge on any atom is -0.287 e. The Kier molecular flexibility index (Phi) is 4.13. The summed E-state index contributed by atoms with van der Waals surface area (Å²) in [4.78, 5) is 23.5. The molecule has 0 saturated carbocycles. The molecule has 1 heterocycles. The molecule has 0 bridgehead atoms. The van der Waals surface area contributed by atoms with Gasteiger partial charge in [-0.1, -0.05) is 30.3 Å². The van der Waals surface area contributed by atoms with E-state index in [9.17, 15) is 14.0 Å². The Balaban J connectivity index is 2.25. The second-order valence-electron chi connectivity index (χ2n) is 4.06. The van der Waals surface area contributed by atoms with Crippen LogP contribution in [0.5, 0.6) is 0 Å². The van der Waals surface area contributed by atoms with E-state index in [-0.39, 0.29) is 18.0 Å². The normalized spacial score (nSPS) is 10.2. The first-order chi connectivity index (χ1) is 9.22. The van der Waals surface area contributed by atoms with Gasteiger partial charge in [-0.05, 0) is 6.07 Å². The molecule has 2 aromatic rings. The van der Waals surface area contributed by atoms with Crippen LogP contribution in [0.25, 0.3) is 0 Å². The van der Waals surface area contributed by atoms with E-state index < -0.39 is 12.5 Å². The Hall–Kier alpha value is -2.36. The van der Waals surface area contributed by atoms with Crippen molar-refractivity contribution in [3.63, 3.8) is 0 Å². The summed E-state index contributed by atoms with van der Waals surface area (Å²) in [5, 5.41) is 0. The monoisotopic (exact) mass is 258 g/mol. The highest BCUT2D eigenvalue weighted by atomic mass is 19.1. The number of ketones is 2. The molecule has 2 rings (SSSR count). The van der Waals surface area contributed by atoms with Crippen LogP contribution in [-0.4, -0.2) is 18.2 Å². The van der Waals surface area contributed by atoms with E-state index in [1.54, 1.807) is 42.6 Å². The van der Waals surface area contributed by atoms with Crippen LogP contribution in [-0.2, 0) is 6.54 Å².